The van der Waals surface area contributed by atoms with Crippen molar-refractivity contribution in [2.45, 2.75) is 59.3 Å². The molecule has 0 aromatic carbocycles. The molecule has 1 aliphatic heterocycles. The van der Waals surface area contributed by atoms with Crippen LogP contribution in [0, 0.1) is 0 Å². The molecule has 0 unspecified atom stereocenters. The van der Waals surface area contributed by atoms with Crippen LogP contribution < -0.4 is 0 Å². The molecule has 84 valence electrons. The van der Waals surface area contributed by atoms with E-state index in [9.17, 15) is 0 Å². The number of fused-ring (bicyclic) bond motifs is 1. The van der Waals surface area contributed by atoms with Gasteiger partial charge in [0.2, 0.25) is 0 Å². The highest BCUT2D eigenvalue weighted by atomic mass is 15.3. The summed E-state index contributed by atoms with van der Waals surface area (Å²) in [6.07, 6.45) is 2.20. The molecule has 0 atom stereocenters. The average Bonchev–Trinajstić information content (AvgIpc) is 2.55. The van der Waals surface area contributed by atoms with Crippen molar-refractivity contribution in [2.75, 3.05) is 0 Å². The molecular weight excluding hydrogens is 186 g/mol. The van der Waals surface area contributed by atoms with Gasteiger partial charge in [-0.25, -0.2) is 0 Å². The fourth-order valence-electron chi connectivity index (χ4n) is 1.91. The van der Waals surface area contributed by atoms with Crippen LogP contribution in [-0.2, 0) is 13.1 Å². The van der Waals surface area contributed by atoms with Crippen molar-refractivity contribution < 1.29 is 0 Å². The van der Waals surface area contributed by atoms with E-state index >= 15 is 0 Å². The van der Waals surface area contributed by atoms with E-state index < -0.39 is 0 Å². The number of rotatable bonds is 1. The number of hydrogen-bond acceptors (Lipinski definition) is 2. The molecule has 3 nitrogen and oxygen atoms in total. The lowest BCUT2D eigenvalue weighted by atomic mass is 10.1. The van der Waals surface area contributed by atoms with Crippen LogP contribution in [0.3, 0.4) is 0 Å². The first-order valence-corrected chi connectivity index (χ1v) is 5.70. The number of nitrogens with zero attached hydrogens (tertiary/aromatic N) is 3. The summed E-state index contributed by atoms with van der Waals surface area (Å²) < 4.78 is 2.07. The van der Waals surface area contributed by atoms with Crippen molar-refractivity contribution in [3.8, 4) is 0 Å². The summed E-state index contributed by atoms with van der Waals surface area (Å²) in [4.78, 5) is 2.47. The van der Waals surface area contributed by atoms with Crippen LogP contribution in [0.5, 0.6) is 0 Å². The van der Waals surface area contributed by atoms with Gasteiger partial charge < -0.3 is 0 Å². The first kappa shape index (κ1) is 10.7. The summed E-state index contributed by atoms with van der Waals surface area (Å²) in [6, 6.07) is 0.471. The maximum absolute atomic E-state index is 4.63. The third-order valence-corrected chi connectivity index (χ3v) is 3.07. The van der Waals surface area contributed by atoms with Gasteiger partial charge in [-0.3, -0.25) is 9.58 Å². The van der Waals surface area contributed by atoms with Crippen molar-refractivity contribution in [3.63, 3.8) is 0 Å². The lowest BCUT2D eigenvalue weighted by molar-refractivity contribution is 0.134. The third-order valence-electron chi connectivity index (χ3n) is 3.07. The van der Waals surface area contributed by atoms with Crippen LogP contribution in [0.25, 0.3) is 0 Å². The van der Waals surface area contributed by atoms with Crippen LogP contribution in [0.1, 0.15) is 51.9 Å². The molecular formula is C12H21N3. The number of hydrogen-bond donors (Lipinski definition) is 0. The van der Waals surface area contributed by atoms with Gasteiger partial charge in [-0.15, -0.1) is 0 Å². The van der Waals surface area contributed by atoms with E-state index in [0.29, 0.717) is 6.04 Å². The van der Waals surface area contributed by atoms with E-state index in [4.69, 9.17) is 0 Å². The fourth-order valence-corrected chi connectivity index (χ4v) is 1.91. The molecule has 0 aliphatic carbocycles. The zero-order chi connectivity index (χ0) is 11.2. The zero-order valence-electron chi connectivity index (χ0n) is 10.4. The van der Waals surface area contributed by atoms with Crippen LogP contribution >= 0.6 is 0 Å². The predicted octanol–water partition coefficient (Wildman–Crippen LogP) is 2.58. The number of aromatic nitrogens is 2. The Hall–Kier alpha value is -0.830. The molecule has 2 rings (SSSR count). The van der Waals surface area contributed by atoms with Gasteiger partial charge in [-0.2, -0.15) is 5.10 Å². The maximum Gasteiger partial charge on any atom is 0.0810 e. The first-order chi connectivity index (χ1) is 6.88. The summed E-state index contributed by atoms with van der Waals surface area (Å²) in [5, 5.41) is 4.63. The molecule has 1 aromatic rings. The van der Waals surface area contributed by atoms with Gasteiger partial charge in [0.25, 0.3) is 0 Å². The van der Waals surface area contributed by atoms with Crippen molar-refractivity contribution in [3.05, 3.63) is 17.5 Å². The molecule has 1 aromatic heterocycles. The van der Waals surface area contributed by atoms with Crippen LogP contribution in [-0.4, -0.2) is 20.2 Å². The largest absolute Gasteiger partial charge is 0.288 e. The summed E-state index contributed by atoms with van der Waals surface area (Å²) in [7, 11) is 0. The zero-order valence-corrected chi connectivity index (χ0v) is 10.4. The SMILES string of the molecule is CC(C)n1cc2c(n1)CN(C(C)(C)C)C2. The molecule has 0 saturated heterocycles. The van der Waals surface area contributed by atoms with E-state index in [1.807, 2.05) is 0 Å². The Balaban J connectivity index is 2.17. The Morgan fingerprint density at radius 3 is 2.40 bits per heavy atom. The van der Waals surface area contributed by atoms with E-state index in [1.54, 1.807) is 0 Å². The fraction of sp³-hybridized carbons (Fsp3) is 0.750. The standard InChI is InChI=1S/C12H21N3/c1-9(2)15-7-10-6-14(12(3,4)5)8-11(10)13-15/h7,9H,6,8H2,1-5H3. The van der Waals surface area contributed by atoms with Gasteiger partial charge in [0.1, 0.15) is 0 Å². The second-order valence-electron chi connectivity index (χ2n) is 5.70. The van der Waals surface area contributed by atoms with Gasteiger partial charge in [0.05, 0.1) is 5.69 Å². The predicted molar refractivity (Wildman–Crippen MR) is 61.6 cm³/mol. The Labute approximate surface area is 92.1 Å². The van der Waals surface area contributed by atoms with Crippen molar-refractivity contribution in [1.82, 2.24) is 14.7 Å². The molecule has 0 N–H and O–H groups in total. The molecule has 0 spiro atoms. The van der Waals surface area contributed by atoms with E-state index in [0.717, 1.165) is 13.1 Å². The molecule has 3 heteroatoms. The molecule has 0 radical (unpaired) electrons. The first-order valence-electron chi connectivity index (χ1n) is 5.70. The van der Waals surface area contributed by atoms with Crippen molar-refractivity contribution in [1.29, 1.82) is 0 Å². The van der Waals surface area contributed by atoms with Crippen molar-refractivity contribution >= 4 is 0 Å². The molecule has 2 heterocycles. The second-order valence-corrected chi connectivity index (χ2v) is 5.70. The summed E-state index contributed by atoms with van der Waals surface area (Å²) in [6.45, 7) is 13.2. The van der Waals surface area contributed by atoms with Gasteiger partial charge in [0, 0.05) is 36.4 Å². The summed E-state index contributed by atoms with van der Waals surface area (Å²) in [5.41, 5.74) is 2.91. The smallest absolute Gasteiger partial charge is 0.0810 e. The Morgan fingerprint density at radius 1 is 1.27 bits per heavy atom. The normalized spacial score (nSPS) is 17.5. The van der Waals surface area contributed by atoms with Crippen LogP contribution in [0.2, 0.25) is 0 Å². The van der Waals surface area contributed by atoms with Gasteiger partial charge in [0.15, 0.2) is 0 Å². The Morgan fingerprint density at radius 2 is 1.93 bits per heavy atom. The van der Waals surface area contributed by atoms with Crippen LogP contribution in [0.4, 0.5) is 0 Å². The topological polar surface area (TPSA) is 21.1 Å². The minimum Gasteiger partial charge on any atom is -0.288 e. The summed E-state index contributed by atoms with van der Waals surface area (Å²) in [5.74, 6) is 0. The van der Waals surface area contributed by atoms with Gasteiger partial charge in [-0.05, 0) is 34.6 Å². The average molecular weight is 207 g/mol. The maximum atomic E-state index is 4.63. The van der Waals surface area contributed by atoms with Gasteiger partial charge in [-0.1, -0.05) is 0 Å². The molecule has 0 bridgehead atoms. The quantitative estimate of drug-likeness (QED) is 0.705. The van der Waals surface area contributed by atoms with E-state index in [2.05, 4.69) is 55.5 Å². The lowest BCUT2D eigenvalue weighted by Gasteiger charge is -2.31. The van der Waals surface area contributed by atoms with Crippen molar-refractivity contribution in [2.24, 2.45) is 0 Å². The molecule has 15 heavy (non-hydrogen) atoms. The van der Waals surface area contributed by atoms with E-state index in [-0.39, 0.29) is 5.54 Å². The van der Waals surface area contributed by atoms with E-state index in [1.165, 1.54) is 11.3 Å². The second kappa shape index (κ2) is 3.34. The highest BCUT2D eigenvalue weighted by Crippen LogP contribution is 2.28. The highest BCUT2D eigenvalue weighted by molar-refractivity contribution is 5.22. The molecule has 0 saturated carbocycles. The molecule has 0 amide bonds. The molecule has 0 fully saturated rings. The Bertz CT molecular complexity index is 334. The van der Waals surface area contributed by atoms with Crippen LogP contribution in [0.15, 0.2) is 6.20 Å². The van der Waals surface area contributed by atoms with Gasteiger partial charge >= 0.3 is 0 Å². The Kier molecular flexibility index (Phi) is 2.38. The summed E-state index contributed by atoms with van der Waals surface area (Å²) >= 11 is 0. The monoisotopic (exact) mass is 207 g/mol. The molecule has 1 aliphatic rings. The minimum absolute atomic E-state index is 0.246. The minimum atomic E-state index is 0.246. The third kappa shape index (κ3) is 1.93. The lowest BCUT2D eigenvalue weighted by Crippen LogP contribution is -2.37. The highest BCUT2D eigenvalue weighted by Gasteiger charge is 2.30.